The first-order chi connectivity index (χ1) is 10.8. The Balaban J connectivity index is 2.21. The number of hydrogen-bond donors (Lipinski definition) is 0. The van der Waals surface area contributed by atoms with Gasteiger partial charge in [-0.15, -0.1) is 10.2 Å². The van der Waals surface area contributed by atoms with Crippen molar-refractivity contribution in [2.45, 2.75) is 26.3 Å². The fourth-order valence-corrected chi connectivity index (χ4v) is 2.65. The molecule has 0 aliphatic carbocycles. The van der Waals surface area contributed by atoms with Crippen LogP contribution in [0, 0.1) is 0 Å². The Morgan fingerprint density at radius 3 is 2.86 bits per heavy atom. The van der Waals surface area contributed by atoms with Crippen molar-refractivity contribution in [3.05, 3.63) is 36.7 Å². The van der Waals surface area contributed by atoms with Crippen LogP contribution in [0.3, 0.4) is 0 Å². The minimum absolute atomic E-state index is 0.257. The van der Waals surface area contributed by atoms with Gasteiger partial charge in [0.2, 0.25) is 6.39 Å². The minimum Gasteiger partial charge on any atom is -0.464 e. The quantitative estimate of drug-likeness (QED) is 0.677. The van der Waals surface area contributed by atoms with Crippen molar-refractivity contribution in [1.82, 2.24) is 14.8 Å². The van der Waals surface area contributed by atoms with Crippen LogP contribution >= 0.6 is 0 Å². The standard InChI is InChI=1S/C16H17N3O3/c1-3-12(16(20)21-4-2)19-13-8-6-5-7-11(13)9-14(19)15-18-17-10-22-15/h5-10,12H,3-4H2,1-2H3. The Hall–Kier alpha value is -2.63. The minimum atomic E-state index is -0.429. The van der Waals surface area contributed by atoms with Crippen LogP contribution in [0.15, 0.2) is 41.1 Å². The van der Waals surface area contributed by atoms with E-state index in [2.05, 4.69) is 10.2 Å². The van der Waals surface area contributed by atoms with E-state index in [1.807, 2.05) is 41.8 Å². The van der Waals surface area contributed by atoms with E-state index in [9.17, 15) is 4.79 Å². The number of nitrogens with zero attached hydrogens (tertiary/aromatic N) is 3. The lowest BCUT2D eigenvalue weighted by molar-refractivity contribution is -0.147. The molecule has 0 bridgehead atoms. The Bertz CT molecular complexity index is 777. The molecule has 3 aromatic rings. The molecule has 0 N–H and O–H groups in total. The number of carbonyl (C=O) groups excluding carboxylic acids is 1. The van der Waals surface area contributed by atoms with E-state index in [4.69, 9.17) is 9.15 Å². The van der Waals surface area contributed by atoms with Gasteiger partial charge in [-0.25, -0.2) is 4.79 Å². The summed E-state index contributed by atoms with van der Waals surface area (Å²) in [4.78, 5) is 12.3. The van der Waals surface area contributed by atoms with Crippen molar-refractivity contribution >= 4 is 16.9 Å². The van der Waals surface area contributed by atoms with E-state index < -0.39 is 6.04 Å². The molecular formula is C16H17N3O3. The summed E-state index contributed by atoms with van der Waals surface area (Å²) in [5.74, 6) is 0.131. The molecule has 0 saturated carbocycles. The second-order valence-electron chi connectivity index (χ2n) is 4.88. The van der Waals surface area contributed by atoms with Crippen LogP contribution in [-0.2, 0) is 9.53 Å². The highest BCUT2D eigenvalue weighted by molar-refractivity contribution is 5.88. The topological polar surface area (TPSA) is 70.2 Å². The third kappa shape index (κ3) is 2.36. The second kappa shape index (κ2) is 6.01. The van der Waals surface area contributed by atoms with Crippen LogP contribution < -0.4 is 0 Å². The molecule has 0 saturated heterocycles. The van der Waals surface area contributed by atoms with E-state index in [-0.39, 0.29) is 5.97 Å². The Morgan fingerprint density at radius 1 is 1.36 bits per heavy atom. The summed E-state index contributed by atoms with van der Waals surface area (Å²) in [5, 5.41) is 8.72. The van der Waals surface area contributed by atoms with Gasteiger partial charge in [0, 0.05) is 10.9 Å². The van der Waals surface area contributed by atoms with Crippen molar-refractivity contribution in [2.24, 2.45) is 0 Å². The maximum absolute atomic E-state index is 12.3. The van der Waals surface area contributed by atoms with Gasteiger partial charge in [-0.05, 0) is 25.5 Å². The first kappa shape index (κ1) is 14.3. The molecule has 6 heteroatoms. The van der Waals surface area contributed by atoms with Crippen LogP contribution in [-0.4, -0.2) is 27.3 Å². The number of carbonyl (C=O) groups is 1. The molecule has 114 valence electrons. The maximum atomic E-state index is 12.3. The number of para-hydroxylation sites is 1. The highest BCUT2D eigenvalue weighted by Crippen LogP contribution is 2.32. The largest absolute Gasteiger partial charge is 0.464 e. The van der Waals surface area contributed by atoms with Crippen LogP contribution in [0.25, 0.3) is 22.5 Å². The van der Waals surface area contributed by atoms with E-state index in [1.54, 1.807) is 6.92 Å². The van der Waals surface area contributed by atoms with Crippen molar-refractivity contribution in [3.63, 3.8) is 0 Å². The smallest absolute Gasteiger partial charge is 0.329 e. The molecular weight excluding hydrogens is 282 g/mol. The van der Waals surface area contributed by atoms with E-state index in [1.165, 1.54) is 6.39 Å². The number of benzene rings is 1. The molecule has 0 amide bonds. The van der Waals surface area contributed by atoms with Gasteiger partial charge in [0.1, 0.15) is 11.7 Å². The van der Waals surface area contributed by atoms with E-state index in [0.29, 0.717) is 18.9 Å². The number of hydrogen-bond acceptors (Lipinski definition) is 5. The van der Waals surface area contributed by atoms with Crippen molar-refractivity contribution < 1.29 is 13.9 Å². The number of aromatic nitrogens is 3. The average Bonchev–Trinajstić information content (AvgIpc) is 3.16. The number of rotatable bonds is 5. The van der Waals surface area contributed by atoms with Crippen molar-refractivity contribution in [3.8, 4) is 11.6 Å². The SMILES string of the molecule is CCOC(=O)C(CC)n1c(-c2nnco2)cc2ccccc21. The second-order valence-corrected chi connectivity index (χ2v) is 4.88. The first-order valence-corrected chi connectivity index (χ1v) is 7.29. The first-order valence-electron chi connectivity index (χ1n) is 7.29. The Morgan fingerprint density at radius 2 is 2.18 bits per heavy atom. The molecule has 3 rings (SSSR count). The summed E-state index contributed by atoms with van der Waals surface area (Å²) < 4.78 is 12.5. The molecule has 0 aliphatic rings. The molecule has 6 nitrogen and oxygen atoms in total. The number of ether oxygens (including phenoxy) is 1. The Kier molecular flexibility index (Phi) is 3.91. The van der Waals surface area contributed by atoms with Gasteiger partial charge in [0.15, 0.2) is 0 Å². The Labute approximate surface area is 127 Å². The van der Waals surface area contributed by atoms with Gasteiger partial charge >= 0.3 is 5.97 Å². The predicted octanol–water partition coefficient (Wildman–Crippen LogP) is 3.21. The van der Waals surface area contributed by atoms with Crippen LogP contribution in [0.2, 0.25) is 0 Å². The molecule has 1 atom stereocenters. The zero-order chi connectivity index (χ0) is 15.5. The zero-order valence-corrected chi connectivity index (χ0v) is 12.5. The normalized spacial score (nSPS) is 12.5. The summed E-state index contributed by atoms with van der Waals surface area (Å²) in [7, 11) is 0. The molecule has 0 radical (unpaired) electrons. The number of fused-ring (bicyclic) bond motifs is 1. The van der Waals surface area contributed by atoms with Gasteiger partial charge in [0.05, 0.1) is 6.61 Å². The fraction of sp³-hybridized carbons (Fsp3) is 0.312. The zero-order valence-electron chi connectivity index (χ0n) is 12.5. The number of esters is 1. The van der Waals surface area contributed by atoms with Crippen molar-refractivity contribution in [1.29, 1.82) is 0 Å². The maximum Gasteiger partial charge on any atom is 0.329 e. The molecule has 1 aromatic carbocycles. The van der Waals surface area contributed by atoms with Gasteiger partial charge in [0.25, 0.3) is 5.89 Å². The van der Waals surface area contributed by atoms with Crippen LogP contribution in [0.5, 0.6) is 0 Å². The summed E-state index contributed by atoms with van der Waals surface area (Å²) in [6, 6.07) is 9.37. The highest BCUT2D eigenvalue weighted by atomic mass is 16.5. The summed E-state index contributed by atoms with van der Waals surface area (Å²) in [6.45, 7) is 4.11. The third-order valence-electron chi connectivity index (χ3n) is 3.58. The average molecular weight is 299 g/mol. The molecule has 0 spiro atoms. The van der Waals surface area contributed by atoms with Crippen LogP contribution in [0.4, 0.5) is 0 Å². The molecule has 0 aliphatic heterocycles. The van der Waals surface area contributed by atoms with E-state index in [0.717, 1.165) is 16.6 Å². The third-order valence-corrected chi connectivity index (χ3v) is 3.58. The monoisotopic (exact) mass is 299 g/mol. The molecule has 22 heavy (non-hydrogen) atoms. The lowest BCUT2D eigenvalue weighted by atomic mass is 10.2. The summed E-state index contributed by atoms with van der Waals surface area (Å²) in [5.41, 5.74) is 1.66. The van der Waals surface area contributed by atoms with Gasteiger partial charge in [-0.1, -0.05) is 25.1 Å². The predicted molar refractivity (Wildman–Crippen MR) is 81.2 cm³/mol. The highest BCUT2D eigenvalue weighted by Gasteiger charge is 2.26. The lowest BCUT2D eigenvalue weighted by Gasteiger charge is -2.18. The van der Waals surface area contributed by atoms with Crippen molar-refractivity contribution in [2.75, 3.05) is 6.61 Å². The van der Waals surface area contributed by atoms with Gasteiger partial charge < -0.3 is 13.7 Å². The molecule has 1 unspecified atom stereocenters. The molecule has 0 fully saturated rings. The lowest BCUT2D eigenvalue weighted by Crippen LogP contribution is -2.22. The van der Waals surface area contributed by atoms with Gasteiger partial charge in [-0.3, -0.25) is 0 Å². The van der Waals surface area contributed by atoms with E-state index >= 15 is 0 Å². The molecule has 2 heterocycles. The fourth-order valence-electron chi connectivity index (χ4n) is 2.65. The van der Waals surface area contributed by atoms with Crippen LogP contribution in [0.1, 0.15) is 26.3 Å². The van der Waals surface area contributed by atoms with Gasteiger partial charge in [-0.2, -0.15) is 0 Å². The molecule has 2 aromatic heterocycles. The summed E-state index contributed by atoms with van der Waals surface area (Å²) in [6.07, 6.45) is 1.89. The summed E-state index contributed by atoms with van der Waals surface area (Å²) >= 11 is 0.